The monoisotopic (exact) mass is 261 g/mol. The van der Waals surface area contributed by atoms with Crippen molar-refractivity contribution in [3.8, 4) is 5.75 Å². The molecule has 0 spiro atoms. The Bertz CT molecular complexity index is 496. The zero-order valence-electron chi connectivity index (χ0n) is 10.9. The fraction of sp³-hybridized carbons (Fsp3) is 0.500. The van der Waals surface area contributed by atoms with Crippen LogP contribution >= 0.6 is 0 Å². The number of nitrogens with two attached hydrogens (primary N) is 1. The minimum atomic E-state index is -0.124. The van der Waals surface area contributed by atoms with Crippen LogP contribution in [0.1, 0.15) is 32.1 Å². The van der Waals surface area contributed by atoms with Gasteiger partial charge in [-0.25, -0.2) is 0 Å². The van der Waals surface area contributed by atoms with Gasteiger partial charge in [-0.15, -0.1) is 0 Å². The van der Waals surface area contributed by atoms with Crippen molar-refractivity contribution >= 4 is 23.0 Å². The summed E-state index contributed by atoms with van der Waals surface area (Å²) in [5.41, 5.74) is 8.29. The first kappa shape index (κ1) is 12.1. The van der Waals surface area contributed by atoms with E-state index in [0.29, 0.717) is 23.2 Å². The lowest BCUT2D eigenvalue weighted by atomic mass is 9.95. The van der Waals surface area contributed by atoms with E-state index >= 15 is 0 Å². The van der Waals surface area contributed by atoms with E-state index in [1.165, 1.54) is 32.1 Å². The van der Waals surface area contributed by atoms with Crippen LogP contribution in [0.2, 0.25) is 0 Å². The first-order valence-corrected chi connectivity index (χ1v) is 6.85. The first-order chi connectivity index (χ1) is 9.22. The van der Waals surface area contributed by atoms with E-state index in [0.717, 1.165) is 5.69 Å². The molecule has 1 aliphatic heterocycles. The van der Waals surface area contributed by atoms with Gasteiger partial charge in [-0.3, -0.25) is 4.79 Å². The zero-order valence-corrected chi connectivity index (χ0v) is 10.9. The molecular weight excluding hydrogens is 242 g/mol. The van der Waals surface area contributed by atoms with Gasteiger partial charge in [-0.2, -0.15) is 0 Å². The quantitative estimate of drug-likeness (QED) is 0.714. The first-order valence-electron chi connectivity index (χ1n) is 6.85. The minimum Gasteiger partial charge on any atom is -0.482 e. The van der Waals surface area contributed by atoms with Gasteiger partial charge in [0.15, 0.2) is 6.61 Å². The zero-order chi connectivity index (χ0) is 13.2. The van der Waals surface area contributed by atoms with Crippen LogP contribution in [-0.2, 0) is 4.79 Å². The molecule has 2 aliphatic rings. The van der Waals surface area contributed by atoms with E-state index in [-0.39, 0.29) is 12.5 Å². The van der Waals surface area contributed by atoms with Gasteiger partial charge >= 0.3 is 0 Å². The van der Waals surface area contributed by atoms with Gasteiger partial charge in [0.2, 0.25) is 0 Å². The van der Waals surface area contributed by atoms with Crippen molar-refractivity contribution in [1.29, 1.82) is 0 Å². The molecule has 0 saturated heterocycles. The molecule has 5 heteroatoms. The Labute approximate surface area is 112 Å². The minimum absolute atomic E-state index is 0.0574. The highest BCUT2D eigenvalue weighted by Gasteiger charge is 2.19. The smallest absolute Gasteiger partial charge is 0.262 e. The number of rotatable bonds is 2. The second-order valence-electron chi connectivity index (χ2n) is 5.25. The largest absolute Gasteiger partial charge is 0.482 e. The highest BCUT2D eigenvalue weighted by molar-refractivity contribution is 5.97. The number of hydrogen-bond acceptors (Lipinski definition) is 4. The van der Waals surface area contributed by atoms with Crippen molar-refractivity contribution in [3.05, 3.63) is 12.1 Å². The van der Waals surface area contributed by atoms with Crippen LogP contribution < -0.4 is 21.1 Å². The number of carbonyl (C=O) groups is 1. The van der Waals surface area contributed by atoms with E-state index in [1.54, 1.807) is 6.07 Å². The molecule has 1 aromatic rings. The summed E-state index contributed by atoms with van der Waals surface area (Å²) in [5, 5.41) is 6.29. The molecule has 19 heavy (non-hydrogen) atoms. The summed E-state index contributed by atoms with van der Waals surface area (Å²) < 4.78 is 5.34. The summed E-state index contributed by atoms with van der Waals surface area (Å²) in [6.07, 6.45) is 6.21. The van der Waals surface area contributed by atoms with Crippen LogP contribution in [0.4, 0.5) is 17.1 Å². The van der Waals surface area contributed by atoms with Crippen molar-refractivity contribution in [2.45, 2.75) is 38.1 Å². The molecular formula is C14H19N3O2. The number of nitrogen functional groups attached to an aromatic ring is 1. The molecule has 0 radical (unpaired) electrons. The number of carbonyl (C=O) groups excluding carboxylic acids is 1. The Balaban J connectivity index is 1.80. The third-order valence-electron chi connectivity index (χ3n) is 3.75. The highest BCUT2D eigenvalue weighted by atomic mass is 16.5. The third-order valence-corrected chi connectivity index (χ3v) is 3.75. The van der Waals surface area contributed by atoms with Crippen LogP contribution in [-0.4, -0.2) is 18.6 Å². The predicted octanol–water partition coefficient (Wildman–Crippen LogP) is 2.34. The Kier molecular flexibility index (Phi) is 3.19. The Morgan fingerprint density at radius 2 is 2.05 bits per heavy atom. The summed E-state index contributed by atoms with van der Waals surface area (Å²) in [5.74, 6) is 0.521. The second-order valence-corrected chi connectivity index (χ2v) is 5.25. The fourth-order valence-electron chi connectivity index (χ4n) is 2.73. The summed E-state index contributed by atoms with van der Waals surface area (Å²) >= 11 is 0. The van der Waals surface area contributed by atoms with Gasteiger partial charge in [0, 0.05) is 12.1 Å². The van der Waals surface area contributed by atoms with Gasteiger partial charge in [0.1, 0.15) is 5.75 Å². The average molecular weight is 261 g/mol. The van der Waals surface area contributed by atoms with Crippen LogP contribution in [0.15, 0.2) is 12.1 Å². The van der Waals surface area contributed by atoms with Crippen molar-refractivity contribution in [3.63, 3.8) is 0 Å². The number of benzene rings is 1. The van der Waals surface area contributed by atoms with Crippen molar-refractivity contribution in [2.75, 3.05) is 23.0 Å². The van der Waals surface area contributed by atoms with E-state index < -0.39 is 0 Å². The second kappa shape index (κ2) is 4.99. The van der Waals surface area contributed by atoms with E-state index in [4.69, 9.17) is 10.5 Å². The number of fused-ring (bicyclic) bond motifs is 1. The molecule has 0 aromatic heterocycles. The molecule has 1 aromatic carbocycles. The van der Waals surface area contributed by atoms with Gasteiger partial charge in [-0.05, 0) is 18.9 Å². The van der Waals surface area contributed by atoms with E-state index in [2.05, 4.69) is 10.6 Å². The topological polar surface area (TPSA) is 76.4 Å². The molecule has 1 aliphatic carbocycles. The van der Waals surface area contributed by atoms with Crippen LogP contribution in [0.3, 0.4) is 0 Å². The maximum atomic E-state index is 11.3. The molecule has 5 nitrogen and oxygen atoms in total. The fourth-order valence-corrected chi connectivity index (χ4v) is 2.73. The van der Waals surface area contributed by atoms with E-state index in [9.17, 15) is 4.79 Å². The van der Waals surface area contributed by atoms with Crippen molar-refractivity contribution < 1.29 is 9.53 Å². The number of hydrogen-bond donors (Lipinski definition) is 3. The van der Waals surface area contributed by atoms with Gasteiger partial charge in [-0.1, -0.05) is 19.3 Å². The number of nitrogens with one attached hydrogen (secondary N) is 2. The SMILES string of the molecule is Nc1cc2c(cc1NC1CCCCC1)NC(=O)CO2. The summed E-state index contributed by atoms with van der Waals surface area (Å²) in [6, 6.07) is 4.13. The highest BCUT2D eigenvalue weighted by Crippen LogP contribution is 2.36. The van der Waals surface area contributed by atoms with Crippen molar-refractivity contribution in [2.24, 2.45) is 0 Å². The lowest BCUT2D eigenvalue weighted by Gasteiger charge is -2.26. The number of amides is 1. The van der Waals surface area contributed by atoms with Gasteiger partial charge < -0.3 is 21.1 Å². The molecule has 1 amide bonds. The summed E-state index contributed by atoms with van der Waals surface area (Å²) in [6.45, 7) is 0.0574. The molecule has 0 atom stereocenters. The normalized spacial score (nSPS) is 19.3. The van der Waals surface area contributed by atoms with Gasteiger partial charge in [0.05, 0.1) is 17.1 Å². The number of ether oxygens (including phenoxy) is 1. The van der Waals surface area contributed by atoms with Crippen LogP contribution in [0.5, 0.6) is 5.75 Å². The Morgan fingerprint density at radius 1 is 1.26 bits per heavy atom. The summed E-state index contributed by atoms with van der Waals surface area (Å²) in [4.78, 5) is 11.3. The number of anilines is 3. The summed E-state index contributed by atoms with van der Waals surface area (Å²) in [7, 11) is 0. The maximum absolute atomic E-state index is 11.3. The lowest BCUT2D eigenvalue weighted by molar-refractivity contribution is -0.118. The standard InChI is InChI=1S/C14H19N3O2/c15-10-6-13-12(17-14(18)8-19-13)7-11(10)16-9-4-2-1-3-5-9/h6-7,9,16H,1-5,8,15H2,(H,17,18). The molecule has 102 valence electrons. The van der Waals surface area contributed by atoms with Crippen LogP contribution in [0.25, 0.3) is 0 Å². The third kappa shape index (κ3) is 2.59. The molecule has 0 unspecified atom stereocenters. The Morgan fingerprint density at radius 3 is 2.84 bits per heavy atom. The van der Waals surface area contributed by atoms with Crippen LogP contribution in [0, 0.1) is 0 Å². The predicted molar refractivity (Wildman–Crippen MR) is 75.5 cm³/mol. The van der Waals surface area contributed by atoms with Crippen molar-refractivity contribution in [1.82, 2.24) is 0 Å². The molecule has 1 fully saturated rings. The molecule has 4 N–H and O–H groups in total. The Hall–Kier alpha value is -1.91. The average Bonchev–Trinajstić information content (AvgIpc) is 2.41. The van der Waals surface area contributed by atoms with E-state index in [1.807, 2.05) is 6.07 Å². The molecule has 1 saturated carbocycles. The molecule has 0 bridgehead atoms. The maximum Gasteiger partial charge on any atom is 0.262 e. The van der Waals surface area contributed by atoms with Gasteiger partial charge in [0.25, 0.3) is 5.91 Å². The lowest BCUT2D eigenvalue weighted by Crippen LogP contribution is -2.26. The molecule has 1 heterocycles. The molecule has 3 rings (SSSR count).